The van der Waals surface area contributed by atoms with Crippen LogP contribution in [0.1, 0.15) is 29.3 Å². The maximum Gasteiger partial charge on any atom is 0.297 e. The van der Waals surface area contributed by atoms with E-state index in [9.17, 15) is 13.2 Å². The molecule has 8 nitrogen and oxygen atoms in total. The summed E-state index contributed by atoms with van der Waals surface area (Å²) in [5, 5.41) is 0. The first-order valence-electron chi connectivity index (χ1n) is 11.6. The van der Waals surface area contributed by atoms with Gasteiger partial charge in [0, 0.05) is 11.1 Å². The molecule has 36 heavy (non-hydrogen) atoms. The Kier molecular flexibility index (Phi) is 7.29. The molecule has 0 amide bonds. The van der Waals surface area contributed by atoms with E-state index in [4.69, 9.17) is 23.1 Å². The Balaban J connectivity index is 1.43. The third-order valence-electron chi connectivity index (χ3n) is 6.03. The van der Waals surface area contributed by atoms with Gasteiger partial charge in [0.05, 0.1) is 11.5 Å². The van der Waals surface area contributed by atoms with Crippen LogP contribution in [0.2, 0.25) is 0 Å². The third kappa shape index (κ3) is 5.41. The van der Waals surface area contributed by atoms with E-state index in [1.807, 2.05) is 67.6 Å². The maximum absolute atomic E-state index is 13.1. The van der Waals surface area contributed by atoms with Crippen LogP contribution in [-0.2, 0) is 38.0 Å². The van der Waals surface area contributed by atoms with E-state index in [2.05, 4.69) is 0 Å². The highest BCUT2D eigenvalue weighted by atomic mass is 32.2. The van der Waals surface area contributed by atoms with Crippen LogP contribution in [-0.4, -0.2) is 45.7 Å². The summed E-state index contributed by atoms with van der Waals surface area (Å²) in [6, 6.07) is 24.7. The van der Waals surface area contributed by atoms with Crippen molar-refractivity contribution in [2.24, 2.45) is 0 Å². The minimum atomic E-state index is -4.17. The summed E-state index contributed by atoms with van der Waals surface area (Å²) in [4.78, 5) is 13.0. The Morgan fingerprint density at radius 3 is 1.97 bits per heavy atom. The van der Waals surface area contributed by atoms with E-state index < -0.39 is 41.0 Å². The molecule has 0 spiro atoms. The van der Waals surface area contributed by atoms with Gasteiger partial charge in [-0.15, -0.1) is 0 Å². The van der Waals surface area contributed by atoms with Crippen molar-refractivity contribution in [3.8, 4) is 0 Å². The molecule has 2 aliphatic rings. The SMILES string of the molecule is Cc1ccc(S(=O)(=O)O[C@@H]2COC(c3ccccc3)O[C@H]2[C@@H]2OC(c3ccccc3)OCC2=O)cc1. The van der Waals surface area contributed by atoms with Crippen LogP contribution in [0.15, 0.2) is 89.8 Å². The van der Waals surface area contributed by atoms with Crippen LogP contribution in [0.25, 0.3) is 0 Å². The minimum Gasteiger partial charge on any atom is -0.346 e. The Labute approximate surface area is 209 Å². The lowest BCUT2D eigenvalue weighted by Gasteiger charge is -2.41. The topological polar surface area (TPSA) is 97.4 Å². The predicted octanol–water partition coefficient (Wildman–Crippen LogP) is 3.87. The Morgan fingerprint density at radius 2 is 1.36 bits per heavy atom. The molecule has 3 aromatic carbocycles. The van der Waals surface area contributed by atoms with Crippen LogP contribution < -0.4 is 0 Å². The van der Waals surface area contributed by atoms with Crippen molar-refractivity contribution in [3.63, 3.8) is 0 Å². The second kappa shape index (κ2) is 10.6. The zero-order chi connectivity index (χ0) is 25.1. The van der Waals surface area contributed by atoms with Gasteiger partial charge in [-0.3, -0.25) is 8.98 Å². The second-order valence-electron chi connectivity index (χ2n) is 8.66. The standard InChI is InChI=1S/C27H26O8S/c1-18-12-14-21(15-13-18)36(29,30)35-23-17-32-27(20-10-6-3-7-11-20)34-25(23)24-22(28)16-31-26(33-24)19-8-4-2-5-9-19/h2-15,23-27H,16-17H2,1H3/t23-,24-,25-,26?,27?/m1/s1. The lowest BCUT2D eigenvalue weighted by molar-refractivity contribution is -0.297. The van der Waals surface area contributed by atoms with Gasteiger partial charge < -0.3 is 18.9 Å². The summed E-state index contributed by atoms with van der Waals surface area (Å²) in [5.41, 5.74) is 2.36. The number of aryl methyl sites for hydroxylation is 1. The van der Waals surface area contributed by atoms with Gasteiger partial charge in [0.25, 0.3) is 10.1 Å². The van der Waals surface area contributed by atoms with Crippen LogP contribution in [0, 0.1) is 6.92 Å². The smallest absolute Gasteiger partial charge is 0.297 e. The average Bonchev–Trinajstić information content (AvgIpc) is 2.90. The number of carbonyl (C=O) groups excluding carboxylic acids is 1. The summed E-state index contributed by atoms with van der Waals surface area (Å²) in [7, 11) is -4.17. The zero-order valence-electron chi connectivity index (χ0n) is 19.6. The number of hydrogen-bond donors (Lipinski definition) is 0. The Hall–Kier alpha value is -2.92. The van der Waals surface area contributed by atoms with E-state index in [0.717, 1.165) is 16.7 Å². The molecule has 2 fully saturated rings. The fraction of sp³-hybridized carbons (Fsp3) is 0.296. The Bertz CT molecular complexity index is 1280. The molecule has 0 radical (unpaired) electrons. The molecule has 0 aliphatic carbocycles. The number of hydrogen-bond acceptors (Lipinski definition) is 8. The van der Waals surface area contributed by atoms with Gasteiger partial charge in [-0.1, -0.05) is 78.4 Å². The molecule has 5 rings (SSSR count). The summed E-state index contributed by atoms with van der Waals surface area (Å²) >= 11 is 0. The summed E-state index contributed by atoms with van der Waals surface area (Å²) in [6.07, 6.45) is -4.96. The maximum atomic E-state index is 13.1. The van der Waals surface area contributed by atoms with Crippen molar-refractivity contribution in [3.05, 3.63) is 102 Å². The monoisotopic (exact) mass is 510 g/mol. The number of benzene rings is 3. The molecule has 2 heterocycles. The van der Waals surface area contributed by atoms with E-state index in [1.54, 1.807) is 12.1 Å². The zero-order valence-corrected chi connectivity index (χ0v) is 20.4. The lowest BCUT2D eigenvalue weighted by atomic mass is 10.0. The normalized spacial score (nSPS) is 27.0. The number of rotatable bonds is 6. The second-order valence-corrected chi connectivity index (χ2v) is 10.2. The first-order chi connectivity index (χ1) is 17.4. The highest BCUT2D eigenvalue weighted by Crippen LogP contribution is 2.35. The van der Waals surface area contributed by atoms with Gasteiger partial charge in [-0.25, -0.2) is 0 Å². The minimum absolute atomic E-state index is 0.00147. The van der Waals surface area contributed by atoms with Crippen molar-refractivity contribution in [1.29, 1.82) is 0 Å². The molecular formula is C27H26O8S. The first-order valence-corrected chi connectivity index (χ1v) is 13.0. The van der Waals surface area contributed by atoms with Crippen molar-refractivity contribution in [1.82, 2.24) is 0 Å². The molecule has 0 saturated carbocycles. The molecule has 188 valence electrons. The van der Waals surface area contributed by atoms with Gasteiger partial charge >= 0.3 is 0 Å². The fourth-order valence-electron chi connectivity index (χ4n) is 4.14. The molecule has 0 bridgehead atoms. The average molecular weight is 511 g/mol. The predicted molar refractivity (Wildman–Crippen MR) is 128 cm³/mol. The van der Waals surface area contributed by atoms with Gasteiger partial charge in [0.15, 0.2) is 24.5 Å². The van der Waals surface area contributed by atoms with Gasteiger partial charge in [-0.05, 0) is 19.1 Å². The number of Topliss-reactive ketones (excluding diaryl/α,β-unsaturated/α-hetero) is 1. The molecule has 0 aromatic heterocycles. The molecule has 5 atom stereocenters. The number of ketones is 1. The van der Waals surface area contributed by atoms with Crippen LogP contribution in [0.3, 0.4) is 0 Å². The Morgan fingerprint density at radius 1 is 0.778 bits per heavy atom. The van der Waals surface area contributed by atoms with Gasteiger partial charge in [0.1, 0.15) is 18.8 Å². The lowest BCUT2D eigenvalue weighted by Crippen LogP contribution is -2.55. The van der Waals surface area contributed by atoms with Crippen molar-refractivity contribution >= 4 is 15.9 Å². The summed E-state index contributed by atoms with van der Waals surface area (Å²) in [5.74, 6) is -0.373. The molecule has 2 saturated heterocycles. The van der Waals surface area contributed by atoms with Crippen LogP contribution in [0.5, 0.6) is 0 Å². The molecule has 3 aromatic rings. The number of carbonyl (C=O) groups is 1. The van der Waals surface area contributed by atoms with Crippen molar-refractivity contribution in [2.75, 3.05) is 13.2 Å². The van der Waals surface area contributed by atoms with E-state index >= 15 is 0 Å². The quantitative estimate of drug-likeness (QED) is 0.461. The molecule has 9 heteroatoms. The molecular weight excluding hydrogens is 484 g/mol. The highest BCUT2D eigenvalue weighted by Gasteiger charge is 2.47. The van der Waals surface area contributed by atoms with Crippen molar-refractivity contribution < 1.29 is 36.3 Å². The van der Waals surface area contributed by atoms with E-state index in [1.165, 1.54) is 12.1 Å². The third-order valence-corrected chi connectivity index (χ3v) is 7.38. The van der Waals surface area contributed by atoms with Gasteiger partial charge in [0.2, 0.25) is 0 Å². The number of ether oxygens (including phenoxy) is 4. The largest absolute Gasteiger partial charge is 0.346 e. The molecule has 2 aliphatic heterocycles. The summed E-state index contributed by atoms with van der Waals surface area (Å²) in [6.45, 7) is 1.52. The van der Waals surface area contributed by atoms with E-state index in [0.29, 0.717) is 0 Å². The van der Waals surface area contributed by atoms with E-state index in [-0.39, 0.29) is 23.9 Å². The van der Waals surface area contributed by atoms with Gasteiger partial charge in [-0.2, -0.15) is 8.42 Å². The highest BCUT2D eigenvalue weighted by molar-refractivity contribution is 7.86. The molecule has 0 N–H and O–H groups in total. The first kappa shape index (κ1) is 24.8. The fourth-order valence-corrected chi connectivity index (χ4v) is 5.21. The van der Waals surface area contributed by atoms with Crippen LogP contribution >= 0.6 is 0 Å². The van der Waals surface area contributed by atoms with Crippen LogP contribution in [0.4, 0.5) is 0 Å². The van der Waals surface area contributed by atoms with Crippen molar-refractivity contribution in [2.45, 2.75) is 42.7 Å². The molecule has 2 unspecified atom stereocenters. The summed E-state index contributed by atoms with van der Waals surface area (Å²) < 4.78 is 55.4.